The second-order valence-electron chi connectivity index (χ2n) is 5.31. The van der Waals surface area contributed by atoms with Gasteiger partial charge in [0.1, 0.15) is 5.75 Å². The Kier molecular flexibility index (Phi) is 2.33. The van der Waals surface area contributed by atoms with Crippen LogP contribution in [-0.4, -0.2) is 16.0 Å². The number of fused-ring (bicyclic) bond motifs is 1. The molecular formula is C14H16N2O2. The van der Waals surface area contributed by atoms with Crippen LogP contribution in [0.15, 0.2) is 24.3 Å². The van der Waals surface area contributed by atoms with E-state index in [1.165, 1.54) is 0 Å². The van der Waals surface area contributed by atoms with Crippen molar-refractivity contribution in [2.24, 2.45) is 5.41 Å². The van der Waals surface area contributed by atoms with E-state index in [0.29, 0.717) is 6.54 Å². The number of hydrogen-bond donors (Lipinski definition) is 3. The summed E-state index contributed by atoms with van der Waals surface area (Å²) >= 11 is 0. The number of H-pyrrole nitrogens is 1. The predicted molar refractivity (Wildman–Crippen MR) is 69.2 cm³/mol. The number of carbonyl (C=O) groups excluding carboxylic acids is 1. The van der Waals surface area contributed by atoms with E-state index in [2.05, 4.69) is 10.3 Å². The van der Waals surface area contributed by atoms with Crippen LogP contribution < -0.4 is 5.32 Å². The van der Waals surface area contributed by atoms with Crippen molar-refractivity contribution in [1.82, 2.24) is 10.3 Å². The van der Waals surface area contributed by atoms with Crippen molar-refractivity contribution in [3.05, 3.63) is 30.0 Å². The molecule has 0 bridgehead atoms. The average molecular weight is 244 g/mol. The lowest BCUT2D eigenvalue weighted by atomic mass is 10.1. The van der Waals surface area contributed by atoms with Gasteiger partial charge in [-0.3, -0.25) is 4.79 Å². The molecule has 1 heterocycles. The van der Waals surface area contributed by atoms with E-state index in [-0.39, 0.29) is 17.1 Å². The highest BCUT2D eigenvalue weighted by Gasteiger charge is 2.44. The van der Waals surface area contributed by atoms with Crippen molar-refractivity contribution in [3.63, 3.8) is 0 Å². The molecule has 3 N–H and O–H groups in total. The summed E-state index contributed by atoms with van der Waals surface area (Å²) in [4.78, 5) is 15.0. The molecule has 3 rings (SSSR count). The van der Waals surface area contributed by atoms with Crippen LogP contribution in [0.4, 0.5) is 0 Å². The molecule has 4 nitrogen and oxygen atoms in total. The lowest BCUT2D eigenvalue weighted by molar-refractivity contribution is -0.125. The molecule has 0 aliphatic heterocycles. The maximum atomic E-state index is 11.8. The number of phenolic OH excluding ortho intramolecular Hbond substituents is 1. The highest BCUT2D eigenvalue weighted by molar-refractivity contribution is 5.85. The SMILES string of the molecule is CC1(C(=O)NCc2cc3ccc(O)cc3[nH]2)CC1. The van der Waals surface area contributed by atoms with Gasteiger partial charge in [-0.05, 0) is 36.4 Å². The van der Waals surface area contributed by atoms with Gasteiger partial charge in [0.25, 0.3) is 0 Å². The van der Waals surface area contributed by atoms with Crippen molar-refractivity contribution in [2.45, 2.75) is 26.3 Å². The van der Waals surface area contributed by atoms with Crippen molar-refractivity contribution < 1.29 is 9.90 Å². The Hall–Kier alpha value is -1.97. The number of amides is 1. The second kappa shape index (κ2) is 3.77. The van der Waals surface area contributed by atoms with Crippen molar-refractivity contribution in [2.75, 3.05) is 0 Å². The van der Waals surface area contributed by atoms with Crippen LogP contribution in [0.1, 0.15) is 25.5 Å². The molecule has 1 amide bonds. The topological polar surface area (TPSA) is 65.1 Å². The normalized spacial score (nSPS) is 16.7. The van der Waals surface area contributed by atoms with E-state index < -0.39 is 0 Å². The molecule has 0 spiro atoms. The molecule has 1 aliphatic rings. The molecule has 4 heteroatoms. The van der Waals surface area contributed by atoms with Gasteiger partial charge in [-0.1, -0.05) is 6.92 Å². The van der Waals surface area contributed by atoms with Gasteiger partial charge >= 0.3 is 0 Å². The summed E-state index contributed by atoms with van der Waals surface area (Å²) in [6, 6.07) is 7.19. The van der Waals surface area contributed by atoms with Crippen LogP contribution in [0, 0.1) is 5.41 Å². The lowest BCUT2D eigenvalue weighted by Gasteiger charge is -2.08. The monoisotopic (exact) mass is 244 g/mol. The number of phenols is 1. The first-order chi connectivity index (χ1) is 8.57. The largest absolute Gasteiger partial charge is 0.508 e. The quantitative estimate of drug-likeness (QED) is 0.775. The molecule has 2 aromatic rings. The summed E-state index contributed by atoms with van der Waals surface area (Å²) in [7, 11) is 0. The van der Waals surface area contributed by atoms with Gasteiger partial charge in [-0.2, -0.15) is 0 Å². The van der Waals surface area contributed by atoms with Gasteiger partial charge in [0.2, 0.25) is 5.91 Å². The molecule has 94 valence electrons. The summed E-state index contributed by atoms with van der Waals surface area (Å²) in [6.07, 6.45) is 1.97. The fraction of sp³-hybridized carbons (Fsp3) is 0.357. The molecular weight excluding hydrogens is 228 g/mol. The first-order valence-corrected chi connectivity index (χ1v) is 6.16. The Labute approximate surface area is 105 Å². The summed E-state index contributed by atoms with van der Waals surface area (Å²) in [5.41, 5.74) is 1.70. The van der Waals surface area contributed by atoms with Gasteiger partial charge in [0.05, 0.1) is 6.54 Å². The Balaban J connectivity index is 1.73. The zero-order chi connectivity index (χ0) is 12.8. The molecule has 0 atom stereocenters. The Morgan fingerprint density at radius 1 is 1.44 bits per heavy atom. The van der Waals surface area contributed by atoms with Crippen LogP contribution in [0.25, 0.3) is 10.9 Å². The van der Waals surface area contributed by atoms with E-state index in [0.717, 1.165) is 29.4 Å². The first kappa shape index (κ1) is 11.1. The summed E-state index contributed by atoms with van der Waals surface area (Å²) < 4.78 is 0. The number of benzene rings is 1. The molecule has 1 aromatic carbocycles. The minimum Gasteiger partial charge on any atom is -0.508 e. The van der Waals surface area contributed by atoms with Crippen molar-refractivity contribution in [3.8, 4) is 5.75 Å². The van der Waals surface area contributed by atoms with Gasteiger partial charge in [-0.25, -0.2) is 0 Å². The van der Waals surface area contributed by atoms with Crippen molar-refractivity contribution in [1.29, 1.82) is 0 Å². The first-order valence-electron chi connectivity index (χ1n) is 6.16. The van der Waals surface area contributed by atoms with Crippen LogP contribution in [0.2, 0.25) is 0 Å². The molecule has 18 heavy (non-hydrogen) atoms. The molecule has 0 radical (unpaired) electrons. The Morgan fingerprint density at radius 2 is 2.22 bits per heavy atom. The van der Waals surface area contributed by atoms with E-state index in [1.54, 1.807) is 12.1 Å². The third-order valence-electron chi connectivity index (χ3n) is 3.65. The number of rotatable bonds is 3. The fourth-order valence-electron chi connectivity index (χ4n) is 2.07. The van der Waals surface area contributed by atoms with Crippen LogP contribution in [0.5, 0.6) is 5.75 Å². The molecule has 0 unspecified atom stereocenters. The number of nitrogens with one attached hydrogen (secondary N) is 2. The van der Waals surface area contributed by atoms with Crippen LogP contribution >= 0.6 is 0 Å². The van der Waals surface area contributed by atoms with Gasteiger partial charge in [0.15, 0.2) is 0 Å². The van der Waals surface area contributed by atoms with E-state index in [1.807, 2.05) is 19.1 Å². The summed E-state index contributed by atoms with van der Waals surface area (Å²) in [5, 5.41) is 13.4. The molecule has 0 saturated heterocycles. The third kappa shape index (κ3) is 1.94. The third-order valence-corrected chi connectivity index (χ3v) is 3.65. The van der Waals surface area contributed by atoms with Gasteiger partial charge in [-0.15, -0.1) is 0 Å². The standard InChI is InChI=1S/C14H16N2O2/c1-14(4-5-14)13(18)15-8-10-6-9-2-3-11(17)7-12(9)16-10/h2-3,6-7,16-17H,4-5,8H2,1H3,(H,15,18). The highest BCUT2D eigenvalue weighted by atomic mass is 16.3. The Morgan fingerprint density at radius 3 is 2.94 bits per heavy atom. The zero-order valence-electron chi connectivity index (χ0n) is 10.3. The molecule has 1 fully saturated rings. The van der Waals surface area contributed by atoms with Gasteiger partial charge < -0.3 is 15.4 Å². The number of aromatic nitrogens is 1. The van der Waals surface area contributed by atoms with Crippen LogP contribution in [-0.2, 0) is 11.3 Å². The fourth-order valence-corrected chi connectivity index (χ4v) is 2.07. The predicted octanol–water partition coefficient (Wildman–Crippen LogP) is 2.29. The summed E-state index contributed by atoms with van der Waals surface area (Å²) in [5.74, 6) is 0.370. The highest BCUT2D eigenvalue weighted by Crippen LogP contribution is 2.45. The van der Waals surface area contributed by atoms with E-state index >= 15 is 0 Å². The lowest BCUT2D eigenvalue weighted by Crippen LogP contribution is -2.29. The summed E-state index contributed by atoms with van der Waals surface area (Å²) in [6.45, 7) is 2.50. The minimum absolute atomic E-state index is 0.129. The Bertz CT molecular complexity index is 611. The smallest absolute Gasteiger partial charge is 0.226 e. The van der Waals surface area contributed by atoms with Crippen LogP contribution in [0.3, 0.4) is 0 Å². The second-order valence-corrected chi connectivity index (χ2v) is 5.31. The van der Waals surface area contributed by atoms with Gasteiger partial charge in [0, 0.05) is 22.7 Å². The number of aromatic amines is 1. The number of hydrogen-bond acceptors (Lipinski definition) is 2. The molecule has 1 saturated carbocycles. The number of carbonyl (C=O) groups is 1. The van der Waals surface area contributed by atoms with E-state index in [4.69, 9.17) is 0 Å². The van der Waals surface area contributed by atoms with E-state index in [9.17, 15) is 9.90 Å². The molecule has 1 aliphatic carbocycles. The number of aromatic hydroxyl groups is 1. The molecule has 1 aromatic heterocycles. The zero-order valence-corrected chi connectivity index (χ0v) is 10.3. The maximum Gasteiger partial charge on any atom is 0.226 e. The maximum absolute atomic E-state index is 11.8. The van der Waals surface area contributed by atoms with Crippen molar-refractivity contribution >= 4 is 16.8 Å². The minimum atomic E-state index is -0.135. The average Bonchev–Trinajstić information content (AvgIpc) is 2.96.